The van der Waals surface area contributed by atoms with E-state index in [0.29, 0.717) is 100 Å². The Balaban J connectivity index is 0.000000203. The molecule has 560 valence electrons. The van der Waals surface area contributed by atoms with Crippen LogP contribution >= 0.6 is 11.6 Å². The summed E-state index contributed by atoms with van der Waals surface area (Å²) in [6.45, 7) is 33.8. The number of aryl methyl sites for hydroxylation is 1. The predicted molar refractivity (Wildman–Crippen MR) is 389 cm³/mol. The highest BCUT2D eigenvalue weighted by Gasteiger charge is 2.35. The number of ether oxygens (including phenoxy) is 4. The number of amides is 6. The average molecular weight is 1430 g/mol. The summed E-state index contributed by atoms with van der Waals surface area (Å²) < 4.78 is 23.1. The van der Waals surface area contributed by atoms with Crippen LogP contribution in [0.4, 0.5) is 30.8 Å². The van der Waals surface area contributed by atoms with Gasteiger partial charge in [0.05, 0.1) is 28.8 Å². The molecule has 0 aliphatic carbocycles. The Morgan fingerprint density at radius 1 is 0.545 bits per heavy atom. The van der Waals surface area contributed by atoms with Crippen molar-refractivity contribution in [2.24, 2.45) is 30.2 Å². The first-order valence-corrected chi connectivity index (χ1v) is 34.7. The van der Waals surface area contributed by atoms with Crippen molar-refractivity contribution in [2.45, 2.75) is 142 Å². The molecule has 0 radical (unpaired) electrons. The van der Waals surface area contributed by atoms with Crippen molar-refractivity contribution < 1.29 is 47.7 Å². The summed E-state index contributed by atoms with van der Waals surface area (Å²) in [6, 6.07) is 3.98. The van der Waals surface area contributed by atoms with Crippen LogP contribution in [0.3, 0.4) is 0 Å². The molecule has 9 N–H and O–H groups in total. The van der Waals surface area contributed by atoms with Gasteiger partial charge in [-0.1, -0.05) is 11.6 Å². The first-order chi connectivity index (χ1) is 47.3. The van der Waals surface area contributed by atoms with E-state index in [1.165, 1.54) is 4.90 Å². The zero-order valence-electron chi connectivity index (χ0n) is 62.3. The Hall–Kier alpha value is -8.14. The number of pyridine rings is 2. The number of hydrogen-bond donors (Lipinski definition) is 6. The van der Waals surface area contributed by atoms with Crippen molar-refractivity contribution in [1.82, 2.24) is 84.2 Å². The minimum Gasteiger partial charge on any atom is -0.444 e. The number of likely N-dealkylation sites (tertiary alicyclic amines) is 1. The fourth-order valence-corrected chi connectivity index (χ4v) is 11.3. The number of nitrogens with zero attached hydrogens (tertiary/aromatic N) is 16. The van der Waals surface area contributed by atoms with E-state index in [4.69, 9.17) is 52.7 Å². The maximum absolute atomic E-state index is 12.4. The molecule has 5 aliphatic heterocycles. The lowest BCUT2D eigenvalue weighted by Crippen LogP contribution is -2.58. The van der Waals surface area contributed by atoms with Gasteiger partial charge in [0.15, 0.2) is 11.6 Å². The van der Waals surface area contributed by atoms with Crippen LogP contribution < -0.4 is 33.2 Å². The van der Waals surface area contributed by atoms with Crippen LogP contribution in [-0.2, 0) is 35.6 Å². The van der Waals surface area contributed by atoms with E-state index < -0.39 is 40.4 Å². The van der Waals surface area contributed by atoms with Gasteiger partial charge in [-0.2, -0.15) is 5.10 Å². The molecule has 5 saturated heterocycles. The van der Waals surface area contributed by atoms with Gasteiger partial charge in [-0.25, -0.2) is 39.1 Å². The number of hydrogen-bond acceptors (Lipinski definition) is 25. The number of fused-ring (bicyclic) bond motifs is 2. The standard InChI is InChI=1S/C18H25ClN6O2.C17H22N8.C11H21N3O3.C11H23N3O2.C11H20N2O3/c1-18(2,3)27-17(26)25-8-7-24(4)12(11-25)10-22-16-15-13(9-14(19)23-16)20-5-6-21-15;1-24-6-5-18-9-13(24)10-21-17-16-15(19-3-4-20-16)7-14(23-17)12-8-22-25(2)11-12;1-11(2,3)17-10(16)14-6-5-13(4)8(7-14)9(12)15;1-11(2,3)16-10(15)14-6-5-13(4)9(7-12)8-14;1-11(2,3)16-10(15)13-6-4-5-8(7-13)9(12)14/h5-6,9,12H,7-8,10-11H2,1-4H3,(H,22,23);3-4,7-8,11,13,18H,5-6,9-10H2,1-2H3,(H,21,23);8H,5-7H2,1-4H3,(H2,12,15);9H,5-8,12H2,1-4H3;8H,4-7H2,1-3H3,(H2,12,14)/t;;8-;9-;8-/m..010/s1. The van der Waals surface area contributed by atoms with E-state index in [-0.39, 0.29) is 42.2 Å². The molecule has 0 bridgehead atoms. The maximum atomic E-state index is 12.4. The Morgan fingerprint density at radius 3 is 1.47 bits per heavy atom. The molecule has 5 aromatic heterocycles. The normalized spacial score (nSPS) is 20.4. The number of piperidine rings is 1. The molecule has 10 rings (SSSR count). The number of nitrogens with one attached hydrogen (secondary N) is 3. The molecule has 32 nitrogen and oxygen atoms in total. The monoisotopic (exact) mass is 1430 g/mol. The van der Waals surface area contributed by atoms with Crippen LogP contribution in [0.1, 0.15) is 95.9 Å². The van der Waals surface area contributed by atoms with Gasteiger partial charge in [0.2, 0.25) is 11.8 Å². The fraction of sp³-hybridized carbons (Fsp3) is 0.662. The lowest BCUT2D eigenvalue weighted by molar-refractivity contribution is -0.125. The Kier molecular flexibility index (Phi) is 29.7. The van der Waals surface area contributed by atoms with Crippen LogP contribution in [-0.4, -0.2) is 301 Å². The Bertz CT molecular complexity index is 3540. The first kappa shape index (κ1) is 81.8. The first-order valence-electron chi connectivity index (χ1n) is 34.3. The van der Waals surface area contributed by atoms with Gasteiger partial charge in [0, 0.05) is 179 Å². The summed E-state index contributed by atoms with van der Waals surface area (Å²) in [4.78, 5) is 112. The van der Waals surface area contributed by atoms with Crippen molar-refractivity contribution in [1.29, 1.82) is 0 Å². The van der Waals surface area contributed by atoms with Gasteiger partial charge in [-0.15, -0.1) is 0 Å². The quantitative estimate of drug-likeness (QED) is 0.0789. The summed E-state index contributed by atoms with van der Waals surface area (Å²) in [6.07, 6.45) is 10.7. The van der Waals surface area contributed by atoms with E-state index in [0.717, 1.165) is 80.2 Å². The van der Waals surface area contributed by atoms with Crippen LogP contribution in [0.2, 0.25) is 5.15 Å². The van der Waals surface area contributed by atoms with Crippen LogP contribution in [0.25, 0.3) is 33.3 Å². The highest BCUT2D eigenvalue weighted by Crippen LogP contribution is 2.27. The summed E-state index contributed by atoms with van der Waals surface area (Å²) in [5.74, 6) is 0.368. The molecule has 5 fully saturated rings. The van der Waals surface area contributed by atoms with Gasteiger partial charge in [-0.3, -0.25) is 43.8 Å². The summed E-state index contributed by atoms with van der Waals surface area (Å²) >= 11 is 6.10. The van der Waals surface area contributed by atoms with Gasteiger partial charge >= 0.3 is 24.4 Å². The molecule has 5 aliphatic rings. The van der Waals surface area contributed by atoms with Crippen LogP contribution in [0, 0.1) is 5.92 Å². The Labute approximate surface area is 599 Å². The molecule has 101 heavy (non-hydrogen) atoms. The largest absolute Gasteiger partial charge is 0.444 e. The number of rotatable bonds is 10. The number of carbonyl (C=O) groups excluding carboxylic acids is 6. The van der Waals surface area contributed by atoms with Crippen molar-refractivity contribution >= 4 is 81.5 Å². The number of nitrogens with two attached hydrogens (primary N) is 3. The van der Waals surface area contributed by atoms with Gasteiger partial charge < -0.3 is 71.7 Å². The van der Waals surface area contributed by atoms with E-state index in [1.807, 2.05) is 135 Å². The van der Waals surface area contributed by atoms with Gasteiger partial charge in [-0.05, 0) is 130 Å². The zero-order valence-corrected chi connectivity index (χ0v) is 63.0. The SMILES string of the molecule is CC(C)(C)OC(=O)N1CCC[C@H](C(N)=O)C1.CN1CCN(C(=O)OC(C)(C)C)CC1CNc1nc(Cl)cc2nccnc12.CN1CCN(C(=O)OC(C)(C)C)C[C@H]1C(N)=O.CN1CCN(C(=O)OC(C)(C)C)C[C@H]1CN.CN1CCNCC1CNc1nc(-c2cnn(C)c2)cc2nccnc12. The minimum atomic E-state index is -0.525. The predicted octanol–water partition coefficient (Wildman–Crippen LogP) is 5.02. The van der Waals surface area contributed by atoms with Crippen LogP contribution in [0.15, 0.2) is 49.3 Å². The molecular weight excluding hydrogens is 1320 g/mol. The van der Waals surface area contributed by atoms with Gasteiger partial charge in [0.25, 0.3) is 0 Å². The molecule has 33 heteroatoms. The number of likely N-dealkylation sites (N-methyl/N-ethyl adjacent to an activating group) is 4. The van der Waals surface area contributed by atoms with Crippen LogP contribution in [0.5, 0.6) is 0 Å². The highest BCUT2D eigenvalue weighted by molar-refractivity contribution is 6.30. The van der Waals surface area contributed by atoms with Crippen molar-refractivity contribution in [3.63, 3.8) is 0 Å². The third-order valence-electron chi connectivity index (χ3n) is 16.8. The van der Waals surface area contributed by atoms with E-state index >= 15 is 0 Å². The van der Waals surface area contributed by atoms with Crippen molar-refractivity contribution in [2.75, 3.05) is 150 Å². The highest BCUT2D eigenvalue weighted by atomic mass is 35.5. The molecule has 10 heterocycles. The number of halogens is 1. The number of anilines is 2. The van der Waals surface area contributed by atoms with E-state index in [2.05, 4.69) is 67.7 Å². The van der Waals surface area contributed by atoms with E-state index in [9.17, 15) is 28.8 Å². The number of aromatic nitrogens is 8. The zero-order chi connectivity index (χ0) is 74.7. The summed E-state index contributed by atoms with van der Waals surface area (Å²) in [7, 11) is 9.95. The van der Waals surface area contributed by atoms with E-state index in [1.54, 1.807) is 50.2 Å². The van der Waals surface area contributed by atoms with Crippen molar-refractivity contribution in [3.05, 3.63) is 54.5 Å². The molecule has 0 spiro atoms. The summed E-state index contributed by atoms with van der Waals surface area (Å²) in [5.41, 5.74) is 19.0. The second kappa shape index (κ2) is 36.6. The maximum Gasteiger partial charge on any atom is 0.410 e. The molecule has 5 aromatic rings. The minimum absolute atomic E-state index is 0.110. The number of carbonyl (C=O) groups is 6. The third-order valence-corrected chi connectivity index (χ3v) is 17.0. The second-order valence-electron chi connectivity index (χ2n) is 29.9. The average Bonchev–Trinajstić information content (AvgIpc) is 1.78. The molecular formula is C68H111ClN22O10. The number of piperazine rings is 4. The third kappa shape index (κ3) is 26.6. The van der Waals surface area contributed by atoms with Crippen molar-refractivity contribution in [3.8, 4) is 11.3 Å². The summed E-state index contributed by atoms with van der Waals surface area (Å²) in [5, 5.41) is 14.8. The molecule has 5 atom stereocenters. The molecule has 0 aromatic carbocycles. The van der Waals surface area contributed by atoms with Gasteiger partial charge in [0.1, 0.15) is 44.6 Å². The fourth-order valence-electron chi connectivity index (χ4n) is 11.1. The topological polar surface area (TPSA) is 375 Å². The molecule has 2 unspecified atom stereocenters. The lowest BCUT2D eigenvalue weighted by Gasteiger charge is -2.39. The molecule has 0 saturated carbocycles. The smallest absolute Gasteiger partial charge is 0.410 e. The Morgan fingerprint density at radius 2 is 0.990 bits per heavy atom. The second-order valence-corrected chi connectivity index (χ2v) is 30.2. The lowest BCUT2D eigenvalue weighted by atomic mass is 9.98. The number of primary amides is 2. The molecule has 6 amide bonds.